The van der Waals surface area contributed by atoms with E-state index in [0.29, 0.717) is 20.0 Å². The SMILES string of the molecule is COc1c(Cl)cc(/C=C2/SC(=S)N(c3ccccc3)C2=O)cc1Br. The van der Waals surface area contributed by atoms with Gasteiger partial charge in [0.1, 0.15) is 0 Å². The first-order valence-electron chi connectivity index (χ1n) is 6.87. The molecule has 2 aromatic carbocycles. The summed E-state index contributed by atoms with van der Waals surface area (Å²) in [5.74, 6) is 0.421. The molecule has 0 spiro atoms. The van der Waals surface area contributed by atoms with Crippen LogP contribution < -0.4 is 9.64 Å². The predicted octanol–water partition coefficient (Wildman–Crippen LogP) is 5.52. The molecule has 1 saturated heterocycles. The third-order valence-electron chi connectivity index (χ3n) is 3.33. The van der Waals surface area contributed by atoms with E-state index in [1.54, 1.807) is 19.3 Å². The van der Waals surface area contributed by atoms with Crippen LogP contribution in [0.5, 0.6) is 5.75 Å². The Morgan fingerprint density at radius 3 is 2.62 bits per heavy atom. The van der Waals surface area contributed by atoms with Gasteiger partial charge in [0.05, 0.1) is 27.2 Å². The van der Waals surface area contributed by atoms with Gasteiger partial charge in [0, 0.05) is 0 Å². The minimum atomic E-state index is -0.140. The second kappa shape index (κ2) is 7.27. The molecule has 0 atom stereocenters. The van der Waals surface area contributed by atoms with Crippen LogP contribution in [0.15, 0.2) is 51.8 Å². The first kappa shape index (κ1) is 17.5. The molecule has 3 rings (SSSR count). The number of nitrogens with zero attached hydrogens (tertiary/aromatic N) is 1. The van der Waals surface area contributed by atoms with Crippen LogP contribution in [0.2, 0.25) is 5.02 Å². The fraction of sp³-hybridized carbons (Fsp3) is 0.0588. The zero-order valence-electron chi connectivity index (χ0n) is 12.5. The number of amides is 1. The molecule has 0 bridgehead atoms. The van der Waals surface area contributed by atoms with Crippen molar-refractivity contribution in [3.63, 3.8) is 0 Å². The highest BCUT2D eigenvalue weighted by atomic mass is 79.9. The Morgan fingerprint density at radius 2 is 2.00 bits per heavy atom. The predicted molar refractivity (Wildman–Crippen MR) is 108 cm³/mol. The lowest BCUT2D eigenvalue weighted by Gasteiger charge is -2.13. The van der Waals surface area contributed by atoms with Crippen LogP contribution in [0.1, 0.15) is 5.56 Å². The monoisotopic (exact) mass is 439 g/mol. The van der Waals surface area contributed by atoms with Gasteiger partial charge >= 0.3 is 0 Å². The standard InChI is InChI=1S/C17H11BrClNO2S2/c1-22-15-12(18)7-10(8-13(15)19)9-14-16(21)20(17(23)24-14)11-5-3-2-4-6-11/h2-9H,1H3/b14-9+. The summed E-state index contributed by atoms with van der Waals surface area (Å²) in [6.07, 6.45) is 1.78. The Hall–Kier alpha value is -1.34. The van der Waals surface area contributed by atoms with Crippen molar-refractivity contribution in [3.05, 3.63) is 62.4 Å². The highest BCUT2D eigenvalue weighted by molar-refractivity contribution is 9.10. The number of halogens is 2. The topological polar surface area (TPSA) is 29.5 Å². The van der Waals surface area contributed by atoms with Crippen molar-refractivity contribution in [1.82, 2.24) is 0 Å². The number of para-hydroxylation sites is 1. The first-order chi connectivity index (χ1) is 11.5. The maximum Gasteiger partial charge on any atom is 0.270 e. The number of thioether (sulfide) groups is 1. The van der Waals surface area contributed by atoms with E-state index in [1.807, 2.05) is 36.4 Å². The van der Waals surface area contributed by atoms with Gasteiger partial charge in [-0.25, -0.2) is 0 Å². The molecule has 1 aliphatic heterocycles. The summed E-state index contributed by atoms with van der Waals surface area (Å²) in [7, 11) is 1.55. The molecule has 7 heteroatoms. The highest BCUT2D eigenvalue weighted by Crippen LogP contribution is 2.38. The molecular formula is C17H11BrClNO2S2. The molecule has 3 nitrogen and oxygen atoms in total. The van der Waals surface area contributed by atoms with Crippen LogP contribution in [0, 0.1) is 0 Å². The molecule has 0 aliphatic carbocycles. The number of anilines is 1. The Kier molecular flexibility index (Phi) is 5.30. The second-order valence-corrected chi connectivity index (χ2v) is 7.81. The summed E-state index contributed by atoms with van der Waals surface area (Å²) in [6.45, 7) is 0. The summed E-state index contributed by atoms with van der Waals surface area (Å²) in [5.41, 5.74) is 1.55. The van der Waals surface area contributed by atoms with Gasteiger partial charge in [0.25, 0.3) is 5.91 Å². The Labute approximate surface area is 162 Å². The summed E-state index contributed by atoms with van der Waals surface area (Å²) in [5, 5.41) is 0.469. The molecule has 122 valence electrons. The number of thiocarbonyl (C=S) groups is 1. The summed E-state index contributed by atoms with van der Waals surface area (Å²) < 4.78 is 6.45. The van der Waals surface area contributed by atoms with Gasteiger partial charge in [-0.1, -0.05) is 53.8 Å². The quantitative estimate of drug-likeness (QED) is 0.464. The van der Waals surface area contributed by atoms with Crippen LogP contribution in [-0.4, -0.2) is 17.3 Å². The van der Waals surface area contributed by atoms with Gasteiger partial charge in [-0.05, 0) is 51.8 Å². The van der Waals surface area contributed by atoms with Crippen LogP contribution in [-0.2, 0) is 4.79 Å². The minimum Gasteiger partial charge on any atom is -0.494 e. The normalized spacial score (nSPS) is 16.1. The number of ether oxygens (including phenoxy) is 1. The zero-order chi connectivity index (χ0) is 17.3. The Balaban J connectivity index is 1.95. The molecule has 0 radical (unpaired) electrons. The maximum atomic E-state index is 12.7. The van der Waals surface area contributed by atoms with Gasteiger partial charge in [-0.2, -0.15) is 0 Å². The van der Waals surface area contributed by atoms with Crippen LogP contribution in [0.3, 0.4) is 0 Å². The molecular weight excluding hydrogens is 430 g/mol. The summed E-state index contributed by atoms with van der Waals surface area (Å²) in [4.78, 5) is 14.8. The first-order valence-corrected chi connectivity index (χ1v) is 9.27. The molecule has 2 aromatic rings. The van der Waals surface area contributed by atoms with Gasteiger partial charge in [-0.15, -0.1) is 0 Å². The Morgan fingerprint density at radius 1 is 1.29 bits per heavy atom. The van der Waals surface area contributed by atoms with Crippen molar-refractivity contribution < 1.29 is 9.53 Å². The lowest BCUT2D eigenvalue weighted by molar-refractivity contribution is -0.113. The van der Waals surface area contributed by atoms with Crippen molar-refractivity contribution in [2.45, 2.75) is 0 Å². The molecule has 1 fully saturated rings. The molecule has 24 heavy (non-hydrogen) atoms. The number of hydrogen-bond donors (Lipinski definition) is 0. The highest BCUT2D eigenvalue weighted by Gasteiger charge is 2.33. The van der Waals surface area contributed by atoms with Crippen molar-refractivity contribution in [2.75, 3.05) is 12.0 Å². The third-order valence-corrected chi connectivity index (χ3v) is 5.50. The molecule has 0 N–H and O–H groups in total. The second-order valence-electron chi connectivity index (χ2n) is 4.87. The number of methoxy groups -OCH3 is 1. The van der Waals surface area contributed by atoms with Gasteiger partial charge in [0.2, 0.25) is 0 Å². The molecule has 1 amide bonds. The number of carbonyl (C=O) groups excluding carboxylic acids is 1. The minimum absolute atomic E-state index is 0.140. The van der Waals surface area contributed by atoms with Crippen LogP contribution in [0.4, 0.5) is 5.69 Å². The third kappa shape index (κ3) is 3.37. The lowest BCUT2D eigenvalue weighted by atomic mass is 10.2. The average molecular weight is 441 g/mol. The molecule has 1 heterocycles. The number of hydrogen-bond acceptors (Lipinski definition) is 4. The average Bonchev–Trinajstić information content (AvgIpc) is 2.82. The van der Waals surface area contributed by atoms with Gasteiger partial charge in [0.15, 0.2) is 10.1 Å². The summed E-state index contributed by atoms with van der Waals surface area (Å²) >= 11 is 16.2. The van der Waals surface area contributed by atoms with Crippen LogP contribution in [0.25, 0.3) is 6.08 Å². The van der Waals surface area contributed by atoms with E-state index in [2.05, 4.69) is 15.9 Å². The maximum absolute atomic E-state index is 12.7. The molecule has 0 unspecified atom stereocenters. The fourth-order valence-corrected chi connectivity index (χ4v) is 4.63. The summed E-state index contributed by atoms with van der Waals surface area (Å²) in [6, 6.07) is 13.0. The fourth-order valence-electron chi connectivity index (χ4n) is 2.28. The number of rotatable bonds is 3. The Bertz CT molecular complexity index is 832. The zero-order valence-corrected chi connectivity index (χ0v) is 16.4. The van der Waals surface area contributed by atoms with Crippen molar-refractivity contribution in [3.8, 4) is 5.75 Å². The lowest BCUT2D eigenvalue weighted by Crippen LogP contribution is -2.27. The van der Waals surface area contributed by atoms with Gasteiger partial charge < -0.3 is 4.74 Å². The van der Waals surface area contributed by atoms with Crippen molar-refractivity contribution in [1.29, 1.82) is 0 Å². The molecule has 1 aliphatic rings. The van der Waals surface area contributed by atoms with E-state index >= 15 is 0 Å². The number of benzene rings is 2. The van der Waals surface area contributed by atoms with E-state index < -0.39 is 0 Å². The van der Waals surface area contributed by atoms with E-state index in [4.69, 9.17) is 28.6 Å². The van der Waals surface area contributed by atoms with Crippen molar-refractivity contribution >= 4 is 73.5 Å². The molecule has 0 aromatic heterocycles. The van der Waals surface area contributed by atoms with Gasteiger partial charge in [-0.3, -0.25) is 9.69 Å². The van der Waals surface area contributed by atoms with E-state index in [1.165, 1.54) is 16.7 Å². The van der Waals surface area contributed by atoms with E-state index in [9.17, 15) is 4.79 Å². The van der Waals surface area contributed by atoms with E-state index in [0.717, 1.165) is 15.7 Å². The largest absolute Gasteiger partial charge is 0.494 e. The van der Waals surface area contributed by atoms with E-state index in [-0.39, 0.29) is 5.91 Å². The number of carbonyl (C=O) groups is 1. The van der Waals surface area contributed by atoms with Crippen LogP contribution >= 0.6 is 51.5 Å². The van der Waals surface area contributed by atoms with Crippen molar-refractivity contribution in [2.24, 2.45) is 0 Å². The smallest absolute Gasteiger partial charge is 0.270 e. The molecule has 0 saturated carbocycles.